The van der Waals surface area contributed by atoms with Gasteiger partial charge in [0.25, 0.3) is 0 Å². The summed E-state index contributed by atoms with van der Waals surface area (Å²) in [7, 11) is 0. The lowest BCUT2D eigenvalue weighted by atomic mass is 9.82. The molecule has 0 unspecified atom stereocenters. The number of hydrogen-bond donors (Lipinski definition) is 1. The van der Waals surface area contributed by atoms with E-state index in [4.69, 9.17) is 4.74 Å². The van der Waals surface area contributed by atoms with Gasteiger partial charge in [-0.2, -0.15) is 0 Å². The number of aliphatic hydroxyl groups is 1. The van der Waals surface area contributed by atoms with Crippen molar-refractivity contribution in [2.75, 3.05) is 6.61 Å². The third kappa shape index (κ3) is 3.34. The Labute approximate surface area is 103 Å². The molecule has 1 aromatic carbocycles. The Bertz CT molecular complexity index is 368. The highest BCUT2D eigenvalue weighted by Crippen LogP contribution is 2.28. The van der Waals surface area contributed by atoms with Gasteiger partial charge in [0, 0.05) is 5.92 Å². The first kappa shape index (κ1) is 12.2. The van der Waals surface area contributed by atoms with E-state index in [1.165, 1.54) is 0 Å². The van der Waals surface area contributed by atoms with Crippen LogP contribution in [-0.4, -0.2) is 17.3 Å². The quantitative estimate of drug-likeness (QED) is 0.808. The predicted molar refractivity (Wildman–Crippen MR) is 69.0 cm³/mol. The zero-order valence-corrected chi connectivity index (χ0v) is 10.3. The lowest BCUT2D eigenvalue weighted by molar-refractivity contribution is -0.0271. The maximum Gasteiger partial charge on any atom is 0.119 e. The third-order valence-corrected chi connectivity index (χ3v) is 3.33. The number of rotatable bonds is 4. The predicted octanol–water partition coefficient (Wildman–Crippen LogP) is 3.17. The van der Waals surface area contributed by atoms with Gasteiger partial charge in [0.2, 0.25) is 0 Å². The molecular formula is C15H20O2. The summed E-state index contributed by atoms with van der Waals surface area (Å²) >= 11 is 0. The Kier molecular flexibility index (Phi) is 3.85. The molecule has 0 fully saturated rings. The summed E-state index contributed by atoms with van der Waals surface area (Å²) in [5.74, 6) is 1.02. The van der Waals surface area contributed by atoms with E-state index in [1.807, 2.05) is 37.3 Å². The van der Waals surface area contributed by atoms with Crippen molar-refractivity contribution in [3.05, 3.63) is 42.5 Å². The van der Waals surface area contributed by atoms with E-state index in [1.54, 1.807) is 0 Å². The lowest BCUT2D eigenvalue weighted by Gasteiger charge is -2.32. The molecule has 0 aliphatic heterocycles. The maximum atomic E-state index is 10.4. The van der Waals surface area contributed by atoms with Gasteiger partial charge in [-0.05, 0) is 38.3 Å². The van der Waals surface area contributed by atoms with Crippen molar-refractivity contribution in [2.24, 2.45) is 5.92 Å². The number of allylic oxidation sites excluding steroid dienone is 1. The third-order valence-electron chi connectivity index (χ3n) is 3.33. The second-order valence-electron chi connectivity index (χ2n) is 4.92. The van der Waals surface area contributed by atoms with Crippen LogP contribution in [-0.2, 0) is 0 Å². The van der Waals surface area contributed by atoms with E-state index in [2.05, 4.69) is 12.2 Å². The van der Waals surface area contributed by atoms with Gasteiger partial charge in [-0.25, -0.2) is 0 Å². The fourth-order valence-electron chi connectivity index (χ4n) is 2.18. The van der Waals surface area contributed by atoms with Crippen molar-refractivity contribution in [3.8, 4) is 5.75 Å². The SMILES string of the molecule is C[C@](O)(COc1ccccc1)[C@H]1C=CCCC1. The molecule has 0 spiro atoms. The van der Waals surface area contributed by atoms with Crippen molar-refractivity contribution in [2.45, 2.75) is 31.8 Å². The summed E-state index contributed by atoms with van der Waals surface area (Å²) in [4.78, 5) is 0. The van der Waals surface area contributed by atoms with E-state index in [0.717, 1.165) is 25.0 Å². The molecule has 0 aromatic heterocycles. The highest BCUT2D eigenvalue weighted by Gasteiger charge is 2.31. The van der Waals surface area contributed by atoms with Gasteiger partial charge >= 0.3 is 0 Å². The second kappa shape index (κ2) is 5.37. The molecule has 1 aliphatic rings. The van der Waals surface area contributed by atoms with E-state index >= 15 is 0 Å². The zero-order chi connectivity index (χ0) is 12.1. The van der Waals surface area contributed by atoms with E-state index in [-0.39, 0.29) is 5.92 Å². The lowest BCUT2D eigenvalue weighted by Crippen LogP contribution is -2.40. The topological polar surface area (TPSA) is 29.5 Å². The van der Waals surface area contributed by atoms with Crippen molar-refractivity contribution in [1.82, 2.24) is 0 Å². The van der Waals surface area contributed by atoms with E-state index in [0.29, 0.717) is 6.61 Å². The van der Waals surface area contributed by atoms with Crippen LogP contribution in [0.4, 0.5) is 0 Å². The Morgan fingerprint density at radius 1 is 1.35 bits per heavy atom. The Balaban J connectivity index is 1.93. The van der Waals surface area contributed by atoms with Crippen LogP contribution in [0.15, 0.2) is 42.5 Å². The summed E-state index contributed by atoms with van der Waals surface area (Å²) in [6.07, 6.45) is 7.61. The Morgan fingerprint density at radius 3 is 2.76 bits per heavy atom. The minimum absolute atomic E-state index is 0.208. The van der Waals surface area contributed by atoms with Gasteiger partial charge in [0.1, 0.15) is 18.0 Å². The monoisotopic (exact) mass is 232 g/mol. The van der Waals surface area contributed by atoms with Crippen LogP contribution in [0.1, 0.15) is 26.2 Å². The molecule has 0 bridgehead atoms. The van der Waals surface area contributed by atoms with Crippen LogP contribution in [0.5, 0.6) is 5.75 Å². The van der Waals surface area contributed by atoms with E-state index < -0.39 is 5.60 Å². The van der Waals surface area contributed by atoms with Gasteiger partial charge in [-0.15, -0.1) is 0 Å². The maximum absolute atomic E-state index is 10.4. The second-order valence-corrected chi connectivity index (χ2v) is 4.92. The molecule has 1 N–H and O–H groups in total. The van der Waals surface area contributed by atoms with Crippen molar-refractivity contribution in [3.63, 3.8) is 0 Å². The minimum Gasteiger partial charge on any atom is -0.491 e. The minimum atomic E-state index is -0.785. The van der Waals surface area contributed by atoms with Crippen LogP contribution in [0.3, 0.4) is 0 Å². The molecule has 0 saturated carbocycles. The molecule has 1 aliphatic carbocycles. The first-order valence-electron chi connectivity index (χ1n) is 6.25. The standard InChI is InChI=1S/C15H20O2/c1-15(16,13-8-4-2-5-9-13)12-17-14-10-6-3-7-11-14/h3-4,6-8,10-11,13,16H,2,5,9,12H2,1H3/t13-,15-/m0/s1. The average Bonchev–Trinajstić information content (AvgIpc) is 2.39. The molecule has 0 heterocycles. The van der Waals surface area contributed by atoms with Crippen LogP contribution in [0.2, 0.25) is 0 Å². The highest BCUT2D eigenvalue weighted by atomic mass is 16.5. The molecular weight excluding hydrogens is 212 g/mol. The van der Waals surface area contributed by atoms with Crippen LogP contribution >= 0.6 is 0 Å². The average molecular weight is 232 g/mol. The molecule has 17 heavy (non-hydrogen) atoms. The number of para-hydroxylation sites is 1. The summed E-state index contributed by atoms with van der Waals surface area (Å²) in [5.41, 5.74) is -0.785. The number of hydrogen-bond acceptors (Lipinski definition) is 2. The molecule has 2 rings (SSSR count). The summed E-state index contributed by atoms with van der Waals surface area (Å²) in [5, 5.41) is 10.4. The van der Waals surface area contributed by atoms with Crippen LogP contribution in [0.25, 0.3) is 0 Å². The molecule has 0 saturated heterocycles. The largest absolute Gasteiger partial charge is 0.491 e. The fourth-order valence-corrected chi connectivity index (χ4v) is 2.18. The summed E-state index contributed by atoms with van der Waals surface area (Å²) < 4.78 is 5.64. The number of benzene rings is 1. The molecule has 2 atom stereocenters. The molecule has 92 valence electrons. The fraction of sp³-hybridized carbons (Fsp3) is 0.467. The molecule has 2 heteroatoms. The van der Waals surface area contributed by atoms with Gasteiger partial charge < -0.3 is 9.84 Å². The van der Waals surface area contributed by atoms with E-state index in [9.17, 15) is 5.11 Å². The Morgan fingerprint density at radius 2 is 2.12 bits per heavy atom. The normalized spacial score (nSPS) is 23.1. The van der Waals surface area contributed by atoms with Crippen molar-refractivity contribution < 1.29 is 9.84 Å². The zero-order valence-electron chi connectivity index (χ0n) is 10.3. The molecule has 1 aromatic rings. The van der Waals surface area contributed by atoms with Crippen LogP contribution < -0.4 is 4.74 Å². The smallest absolute Gasteiger partial charge is 0.119 e. The first-order valence-corrected chi connectivity index (χ1v) is 6.25. The van der Waals surface area contributed by atoms with Crippen LogP contribution in [0, 0.1) is 5.92 Å². The molecule has 2 nitrogen and oxygen atoms in total. The van der Waals surface area contributed by atoms with Gasteiger partial charge in [-0.3, -0.25) is 0 Å². The summed E-state index contributed by atoms with van der Waals surface area (Å²) in [6, 6.07) is 9.64. The molecule has 0 amide bonds. The van der Waals surface area contributed by atoms with Crippen molar-refractivity contribution >= 4 is 0 Å². The van der Waals surface area contributed by atoms with Gasteiger partial charge in [0.05, 0.1) is 0 Å². The highest BCUT2D eigenvalue weighted by molar-refractivity contribution is 5.21. The van der Waals surface area contributed by atoms with Gasteiger partial charge in [0.15, 0.2) is 0 Å². The Hall–Kier alpha value is -1.28. The summed E-state index contributed by atoms with van der Waals surface area (Å²) in [6.45, 7) is 2.20. The molecule has 0 radical (unpaired) electrons. The number of ether oxygens (including phenoxy) is 1. The van der Waals surface area contributed by atoms with Crippen molar-refractivity contribution in [1.29, 1.82) is 0 Å². The van der Waals surface area contributed by atoms with Gasteiger partial charge in [-0.1, -0.05) is 30.4 Å². The first-order chi connectivity index (χ1) is 8.18.